The predicted molar refractivity (Wildman–Crippen MR) is 81.7 cm³/mol. The first-order chi connectivity index (χ1) is 11.5. The molecule has 2 aromatic rings. The van der Waals surface area contributed by atoms with Gasteiger partial charge in [-0.25, -0.2) is 9.97 Å². The molecule has 3 rings (SSSR count). The first-order valence-electron chi connectivity index (χ1n) is 7.69. The van der Waals surface area contributed by atoms with Crippen LogP contribution in [0.2, 0.25) is 0 Å². The summed E-state index contributed by atoms with van der Waals surface area (Å²) in [5.74, 6) is 0.758. The third-order valence-corrected chi connectivity index (χ3v) is 3.93. The van der Waals surface area contributed by atoms with Gasteiger partial charge in [-0.15, -0.1) is 0 Å². The van der Waals surface area contributed by atoms with Crippen LogP contribution in [-0.2, 0) is 6.18 Å². The van der Waals surface area contributed by atoms with Crippen LogP contribution in [0.4, 0.5) is 18.9 Å². The Morgan fingerprint density at radius 1 is 1.17 bits per heavy atom. The van der Waals surface area contributed by atoms with Gasteiger partial charge in [0.25, 0.3) is 0 Å². The van der Waals surface area contributed by atoms with Crippen molar-refractivity contribution in [2.45, 2.75) is 19.0 Å². The van der Waals surface area contributed by atoms with Gasteiger partial charge in [0.2, 0.25) is 5.88 Å². The summed E-state index contributed by atoms with van der Waals surface area (Å²) in [6, 6.07) is 2.50. The fourth-order valence-electron chi connectivity index (χ4n) is 2.74. The smallest absolute Gasteiger partial charge is 0.433 e. The van der Waals surface area contributed by atoms with E-state index in [0.717, 1.165) is 25.5 Å². The summed E-state index contributed by atoms with van der Waals surface area (Å²) >= 11 is 0. The average Bonchev–Trinajstić information content (AvgIpc) is 2.60. The molecule has 0 saturated carbocycles. The van der Waals surface area contributed by atoms with Crippen molar-refractivity contribution in [1.82, 2.24) is 15.0 Å². The Balaban J connectivity index is 1.59. The van der Waals surface area contributed by atoms with Gasteiger partial charge in [0.15, 0.2) is 0 Å². The molecular weight excluding hydrogens is 321 g/mol. The monoisotopic (exact) mass is 338 g/mol. The van der Waals surface area contributed by atoms with Crippen molar-refractivity contribution >= 4 is 5.69 Å². The van der Waals surface area contributed by atoms with Crippen LogP contribution in [0.3, 0.4) is 0 Å². The number of piperidine rings is 1. The maximum Gasteiger partial charge on any atom is 0.433 e. The largest absolute Gasteiger partial charge is 0.476 e. The van der Waals surface area contributed by atoms with E-state index >= 15 is 0 Å². The lowest BCUT2D eigenvalue weighted by atomic mass is 9.98. The number of ether oxygens (including phenoxy) is 1. The number of nitrogens with zero attached hydrogens (tertiary/aromatic N) is 4. The summed E-state index contributed by atoms with van der Waals surface area (Å²) in [4.78, 5) is 13.6. The van der Waals surface area contributed by atoms with E-state index in [1.807, 2.05) is 4.90 Å². The summed E-state index contributed by atoms with van der Waals surface area (Å²) in [6.07, 6.45) is 3.53. The van der Waals surface area contributed by atoms with E-state index in [1.165, 1.54) is 12.3 Å². The third-order valence-electron chi connectivity index (χ3n) is 3.93. The van der Waals surface area contributed by atoms with Crippen molar-refractivity contribution < 1.29 is 17.9 Å². The molecular formula is C16H17F3N4O. The fourth-order valence-corrected chi connectivity index (χ4v) is 2.74. The summed E-state index contributed by atoms with van der Waals surface area (Å²) in [6.45, 7) is 2.02. The quantitative estimate of drug-likeness (QED) is 0.857. The molecule has 1 atom stereocenters. The Labute approximate surface area is 137 Å². The minimum absolute atomic E-state index is 0.281. The number of anilines is 1. The lowest BCUT2D eigenvalue weighted by molar-refractivity contribution is -0.141. The van der Waals surface area contributed by atoms with Gasteiger partial charge in [-0.05, 0) is 25.0 Å². The van der Waals surface area contributed by atoms with Crippen LogP contribution in [0.1, 0.15) is 18.5 Å². The zero-order valence-electron chi connectivity index (χ0n) is 12.9. The summed E-state index contributed by atoms with van der Waals surface area (Å²) in [5, 5.41) is 0. The van der Waals surface area contributed by atoms with Crippen LogP contribution in [0, 0.1) is 5.92 Å². The molecule has 0 N–H and O–H groups in total. The molecule has 0 bridgehead atoms. The van der Waals surface area contributed by atoms with Crippen molar-refractivity contribution in [2.24, 2.45) is 5.92 Å². The van der Waals surface area contributed by atoms with Crippen LogP contribution in [0.5, 0.6) is 5.88 Å². The van der Waals surface area contributed by atoms with Crippen molar-refractivity contribution in [3.63, 3.8) is 0 Å². The molecule has 0 spiro atoms. The summed E-state index contributed by atoms with van der Waals surface area (Å²) in [7, 11) is 0. The molecule has 8 heteroatoms. The first kappa shape index (κ1) is 16.5. The molecule has 1 unspecified atom stereocenters. The van der Waals surface area contributed by atoms with Crippen LogP contribution in [0.25, 0.3) is 0 Å². The minimum atomic E-state index is -4.41. The highest BCUT2D eigenvalue weighted by Crippen LogP contribution is 2.29. The van der Waals surface area contributed by atoms with Gasteiger partial charge in [-0.1, -0.05) is 0 Å². The van der Waals surface area contributed by atoms with E-state index in [0.29, 0.717) is 24.7 Å². The summed E-state index contributed by atoms with van der Waals surface area (Å²) < 4.78 is 43.4. The van der Waals surface area contributed by atoms with Gasteiger partial charge in [0.1, 0.15) is 5.69 Å². The zero-order chi connectivity index (χ0) is 17.0. The Kier molecular flexibility index (Phi) is 4.82. The van der Waals surface area contributed by atoms with Gasteiger partial charge >= 0.3 is 6.18 Å². The van der Waals surface area contributed by atoms with Crippen molar-refractivity contribution in [2.75, 3.05) is 24.6 Å². The Morgan fingerprint density at radius 2 is 2.04 bits per heavy atom. The standard InChI is InChI=1S/C16H17F3N4O/c17-16(18,19)14-4-3-13(8-22-14)23-7-1-2-12(10-23)11-24-15-9-20-5-6-21-15/h3-6,8-9,12H,1-2,7,10-11H2. The lowest BCUT2D eigenvalue weighted by Crippen LogP contribution is -2.37. The number of hydrogen-bond donors (Lipinski definition) is 0. The normalized spacial score (nSPS) is 18.5. The second-order valence-corrected chi connectivity index (χ2v) is 5.71. The summed E-state index contributed by atoms with van der Waals surface area (Å²) in [5.41, 5.74) is -0.169. The molecule has 1 aliphatic heterocycles. The number of hydrogen-bond acceptors (Lipinski definition) is 5. The van der Waals surface area contributed by atoms with E-state index in [2.05, 4.69) is 15.0 Å². The topological polar surface area (TPSA) is 51.1 Å². The maximum atomic E-state index is 12.6. The number of halogens is 3. The molecule has 5 nitrogen and oxygen atoms in total. The van der Waals surface area contributed by atoms with Crippen molar-refractivity contribution in [3.05, 3.63) is 42.6 Å². The number of alkyl halides is 3. The van der Waals surface area contributed by atoms with E-state index in [9.17, 15) is 13.2 Å². The molecule has 0 amide bonds. The fraction of sp³-hybridized carbons (Fsp3) is 0.438. The van der Waals surface area contributed by atoms with Gasteiger partial charge < -0.3 is 9.64 Å². The Bertz CT molecular complexity index is 649. The molecule has 0 radical (unpaired) electrons. The number of aromatic nitrogens is 3. The van der Waals surface area contributed by atoms with Crippen molar-refractivity contribution in [1.29, 1.82) is 0 Å². The molecule has 0 aliphatic carbocycles. The van der Waals surface area contributed by atoms with Crippen LogP contribution < -0.4 is 9.64 Å². The van der Waals surface area contributed by atoms with E-state index in [1.54, 1.807) is 18.6 Å². The van der Waals surface area contributed by atoms with Crippen LogP contribution >= 0.6 is 0 Å². The molecule has 0 aromatic carbocycles. The third kappa shape index (κ3) is 4.12. The SMILES string of the molecule is FC(F)(F)c1ccc(N2CCCC(COc3cnccn3)C2)cn1. The lowest BCUT2D eigenvalue weighted by Gasteiger charge is -2.34. The van der Waals surface area contributed by atoms with Crippen LogP contribution in [-0.4, -0.2) is 34.6 Å². The molecule has 3 heterocycles. The maximum absolute atomic E-state index is 12.6. The molecule has 1 aliphatic rings. The second kappa shape index (κ2) is 7.02. The zero-order valence-corrected chi connectivity index (χ0v) is 12.9. The van der Waals surface area contributed by atoms with E-state index in [-0.39, 0.29) is 5.92 Å². The van der Waals surface area contributed by atoms with Gasteiger partial charge in [-0.3, -0.25) is 4.98 Å². The van der Waals surface area contributed by atoms with Gasteiger partial charge in [0, 0.05) is 31.4 Å². The molecule has 1 saturated heterocycles. The molecule has 128 valence electrons. The first-order valence-corrected chi connectivity index (χ1v) is 7.69. The van der Waals surface area contributed by atoms with Crippen molar-refractivity contribution in [3.8, 4) is 5.88 Å². The molecule has 2 aromatic heterocycles. The van der Waals surface area contributed by atoms with Gasteiger partial charge in [-0.2, -0.15) is 13.2 Å². The second-order valence-electron chi connectivity index (χ2n) is 5.71. The Hall–Kier alpha value is -2.38. The van der Waals surface area contributed by atoms with E-state index < -0.39 is 11.9 Å². The molecule has 1 fully saturated rings. The molecule has 24 heavy (non-hydrogen) atoms. The van der Waals surface area contributed by atoms with E-state index in [4.69, 9.17) is 4.74 Å². The minimum Gasteiger partial charge on any atom is -0.476 e. The Morgan fingerprint density at radius 3 is 2.71 bits per heavy atom. The highest BCUT2D eigenvalue weighted by molar-refractivity contribution is 5.45. The number of pyridine rings is 1. The predicted octanol–water partition coefficient (Wildman–Crippen LogP) is 3.19. The highest BCUT2D eigenvalue weighted by Gasteiger charge is 2.32. The average molecular weight is 338 g/mol. The number of rotatable bonds is 4. The highest BCUT2D eigenvalue weighted by atomic mass is 19.4. The van der Waals surface area contributed by atoms with Crippen LogP contribution in [0.15, 0.2) is 36.9 Å². The van der Waals surface area contributed by atoms with Gasteiger partial charge in [0.05, 0.1) is 24.7 Å².